The summed E-state index contributed by atoms with van der Waals surface area (Å²) in [4.78, 5) is 27.0. The Hall–Kier alpha value is -1.67. The van der Waals surface area contributed by atoms with Crippen molar-refractivity contribution in [3.05, 3.63) is 29.5 Å². The number of rotatable bonds is 13. The summed E-state index contributed by atoms with van der Waals surface area (Å²) in [5.74, 6) is -0.0699. The van der Waals surface area contributed by atoms with Crippen LogP contribution in [0.5, 0.6) is 0 Å². The third-order valence-corrected chi connectivity index (χ3v) is 6.56. The number of thioether (sulfide) groups is 1. The predicted molar refractivity (Wildman–Crippen MR) is 116 cm³/mol. The van der Waals surface area contributed by atoms with Gasteiger partial charge in [0.1, 0.15) is 4.75 Å². The number of thiazole rings is 1. The third kappa shape index (κ3) is 7.39. The van der Waals surface area contributed by atoms with Gasteiger partial charge in [0.05, 0.1) is 5.69 Å². The summed E-state index contributed by atoms with van der Waals surface area (Å²) in [5, 5.41) is 11.3. The Balaban J connectivity index is 1.92. The number of carbonyl (C=O) groups is 1. The Bertz CT molecular complexity index is 722. The van der Waals surface area contributed by atoms with Crippen LogP contribution in [0.1, 0.15) is 58.6 Å². The van der Waals surface area contributed by atoms with Gasteiger partial charge in [-0.25, -0.2) is 15.0 Å². The van der Waals surface area contributed by atoms with Gasteiger partial charge in [-0.05, 0) is 26.3 Å². The highest BCUT2D eigenvalue weighted by Crippen LogP contribution is 2.34. The minimum atomic E-state index is -0.877. The van der Waals surface area contributed by atoms with E-state index in [1.54, 1.807) is 26.2 Å². The summed E-state index contributed by atoms with van der Waals surface area (Å²) in [6.45, 7) is 7.36. The maximum absolute atomic E-state index is 11.3. The second-order valence-corrected chi connectivity index (χ2v) is 9.95. The zero-order chi connectivity index (χ0) is 20.4. The lowest BCUT2D eigenvalue weighted by molar-refractivity contribution is -0.138. The van der Waals surface area contributed by atoms with E-state index in [1.165, 1.54) is 48.8 Å². The molecule has 8 heteroatoms. The average molecular weight is 423 g/mol. The lowest BCUT2D eigenvalue weighted by Crippen LogP contribution is -2.29. The van der Waals surface area contributed by atoms with E-state index in [9.17, 15) is 9.90 Å². The van der Waals surface area contributed by atoms with Crippen molar-refractivity contribution < 1.29 is 9.90 Å². The maximum atomic E-state index is 11.3. The van der Waals surface area contributed by atoms with E-state index in [0.29, 0.717) is 0 Å². The van der Waals surface area contributed by atoms with Crippen molar-refractivity contribution in [2.45, 2.75) is 68.4 Å². The van der Waals surface area contributed by atoms with Gasteiger partial charge < -0.3 is 10.0 Å². The molecular formula is C20H30N4O2S2. The first-order chi connectivity index (χ1) is 13.4. The van der Waals surface area contributed by atoms with Crippen molar-refractivity contribution in [3.8, 4) is 0 Å². The Labute approximate surface area is 175 Å². The van der Waals surface area contributed by atoms with Crippen molar-refractivity contribution in [2.24, 2.45) is 0 Å². The highest BCUT2D eigenvalue weighted by molar-refractivity contribution is 8.02. The quantitative estimate of drug-likeness (QED) is 0.363. The molecule has 0 atom stereocenters. The van der Waals surface area contributed by atoms with Gasteiger partial charge in [0.2, 0.25) is 5.95 Å². The molecular weight excluding hydrogens is 392 g/mol. The standard InChI is InChI=1S/C20H30N4O2S2/c1-4-5-6-7-8-13-24(18-21-11-9-12-22-18)14-10-16-15-27-19(23-16)28-20(2,3)17(25)26/h9,11-12,15H,4-8,10,13-14H2,1-3H3,(H,25,26). The average Bonchev–Trinajstić information content (AvgIpc) is 3.11. The normalized spacial score (nSPS) is 11.5. The van der Waals surface area contributed by atoms with E-state index in [1.807, 2.05) is 11.4 Å². The van der Waals surface area contributed by atoms with Crippen molar-refractivity contribution in [1.82, 2.24) is 15.0 Å². The summed E-state index contributed by atoms with van der Waals surface area (Å²) in [7, 11) is 0. The van der Waals surface area contributed by atoms with Gasteiger partial charge >= 0.3 is 5.97 Å². The van der Waals surface area contributed by atoms with E-state index >= 15 is 0 Å². The second-order valence-electron chi connectivity index (χ2n) is 7.22. The Morgan fingerprint density at radius 2 is 1.89 bits per heavy atom. The van der Waals surface area contributed by atoms with Gasteiger partial charge in [-0.3, -0.25) is 4.79 Å². The van der Waals surface area contributed by atoms with Gasteiger partial charge in [0.25, 0.3) is 0 Å². The molecule has 6 nitrogen and oxygen atoms in total. The molecule has 0 unspecified atom stereocenters. The van der Waals surface area contributed by atoms with Crippen LogP contribution in [0.3, 0.4) is 0 Å². The number of carboxylic acid groups (broad SMARTS) is 1. The largest absolute Gasteiger partial charge is 0.480 e. The van der Waals surface area contributed by atoms with Crippen molar-refractivity contribution in [1.29, 1.82) is 0 Å². The minimum Gasteiger partial charge on any atom is -0.480 e. The van der Waals surface area contributed by atoms with Crippen LogP contribution >= 0.6 is 23.1 Å². The molecule has 0 saturated heterocycles. The number of carboxylic acids is 1. The zero-order valence-electron chi connectivity index (χ0n) is 16.9. The molecule has 2 rings (SSSR count). The molecule has 0 fully saturated rings. The first-order valence-electron chi connectivity index (χ1n) is 9.81. The minimum absolute atomic E-state index is 0.759. The van der Waals surface area contributed by atoms with Crippen LogP contribution in [0.15, 0.2) is 28.2 Å². The lowest BCUT2D eigenvalue weighted by atomic mass is 10.1. The van der Waals surface area contributed by atoms with Crippen LogP contribution < -0.4 is 4.90 Å². The van der Waals surface area contributed by atoms with Crippen molar-refractivity contribution >= 4 is 35.0 Å². The van der Waals surface area contributed by atoms with Gasteiger partial charge in [-0.2, -0.15) is 0 Å². The summed E-state index contributed by atoms with van der Waals surface area (Å²) in [5.41, 5.74) is 0.987. The molecule has 0 aliphatic rings. The van der Waals surface area contributed by atoms with Crippen molar-refractivity contribution in [2.75, 3.05) is 18.0 Å². The lowest BCUT2D eigenvalue weighted by Gasteiger charge is -2.22. The number of hydrogen-bond acceptors (Lipinski definition) is 7. The van der Waals surface area contributed by atoms with Crippen LogP contribution in [-0.4, -0.2) is 43.9 Å². The molecule has 2 aromatic rings. The number of unbranched alkanes of at least 4 members (excludes halogenated alkanes) is 4. The first-order valence-corrected chi connectivity index (χ1v) is 11.5. The van der Waals surface area contributed by atoms with E-state index in [2.05, 4.69) is 26.8 Å². The molecule has 0 spiro atoms. The van der Waals surface area contributed by atoms with Crippen LogP contribution in [0.4, 0.5) is 5.95 Å². The Kier molecular flexibility index (Phi) is 9.18. The maximum Gasteiger partial charge on any atom is 0.319 e. The van der Waals surface area contributed by atoms with Crippen LogP contribution in [0, 0.1) is 0 Å². The SMILES string of the molecule is CCCCCCCN(CCc1csc(SC(C)(C)C(=O)O)n1)c1ncccn1. The van der Waals surface area contributed by atoms with Crippen LogP contribution in [0.2, 0.25) is 0 Å². The number of aliphatic carboxylic acids is 1. The van der Waals surface area contributed by atoms with E-state index in [4.69, 9.17) is 0 Å². The first kappa shape index (κ1) is 22.6. The summed E-state index contributed by atoms with van der Waals surface area (Å²) in [6, 6.07) is 1.83. The highest BCUT2D eigenvalue weighted by atomic mass is 32.2. The fourth-order valence-corrected chi connectivity index (χ4v) is 4.86. The van der Waals surface area contributed by atoms with Gasteiger partial charge in [-0.1, -0.05) is 44.4 Å². The monoisotopic (exact) mass is 422 g/mol. The molecule has 0 aliphatic carbocycles. The number of hydrogen-bond donors (Lipinski definition) is 1. The topological polar surface area (TPSA) is 79.2 Å². The molecule has 0 saturated carbocycles. The smallest absolute Gasteiger partial charge is 0.319 e. The number of nitrogens with zero attached hydrogens (tertiary/aromatic N) is 4. The van der Waals surface area contributed by atoms with E-state index in [0.717, 1.165) is 41.9 Å². The molecule has 0 radical (unpaired) electrons. The van der Waals surface area contributed by atoms with Crippen LogP contribution in [-0.2, 0) is 11.2 Å². The molecule has 1 N–H and O–H groups in total. The summed E-state index contributed by atoms with van der Waals surface area (Å²) < 4.78 is -0.0816. The number of aromatic nitrogens is 3. The Morgan fingerprint density at radius 1 is 1.18 bits per heavy atom. The summed E-state index contributed by atoms with van der Waals surface area (Å²) in [6.07, 6.45) is 10.5. The molecule has 28 heavy (non-hydrogen) atoms. The zero-order valence-corrected chi connectivity index (χ0v) is 18.6. The Morgan fingerprint density at radius 3 is 2.57 bits per heavy atom. The fraction of sp³-hybridized carbons (Fsp3) is 0.600. The van der Waals surface area contributed by atoms with E-state index < -0.39 is 10.7 Å². The predicted octanol–water partition coefficient (Wildman–Crippen LogP) is 4.91. The molecule has 2 heterocycles. The van der Waals surface area contributed by atoms with Gasteiger partial charge in [0.15, 0.2) is 4.34 Å². The fourth-order valence-electron chi connectivity index (χ4n) is 2.63. The van der Waals surface area contributed by atoms with Gasteiger partial charge in [0, 0.05) is 37.3 Å². The highest BCUT2D eigenvalue weighted by Gasteiger charge is 2.29. The van der Waals surface area contributed by atoms with Crippen molar-refractivity contribution in [3.63, 3.8) is 0 Å². The van der Waals surface area contributed by atoms with Gasteiger partial charge in [-0.15, -0.1) is 11.3 Å². The van der Waals surface area contributed by atoms with Crippen LogP contribution in [0.25, 0.3) is 0 Å². The third-order valence-electron chi connectivity index (χ3n) is 4.39. The molecule has 0 aromatic carbocycles. The second kappa shape index (κ2) is 11.4. The molecule has 154 valence electrons. The summed E-state index contributed by atoms with van der Waals surface area (Å²) >= 11 is 2.80. The number of anilines is 1. The van der Waals surface area contributed by atoms with E-state index in [-0.39, 0.29) is 0 Å². The molecule has 0 aliphatic heterocycles. The molecule has 0 bridgehead atoms. The molecule has 2 aromatic heterocycles. The molecule has 0 amide bonds.